The van der Waals surface area contributed by atoms with E-state index in [1.165, 1.54) is 4.80 Å². The molecule has 0 bridgehead atoms. The number of carbonyl (C=O) groups excluding carboxylic acids is 1. The maximum atomic E-state index is 12.7. The fraction of sp³-hybridized carbons (Fsp3) is 0.429. The zero-order valence-corrected chi connectivity index (χ0v) is 18.5. The Labute approximate surface area is 190 Å². The molecular formula is C21H26N8O4. The molecule has 2 aromatic heterocycles. The van der Waals surface area contributed by atoms with Crippen molar-refractivity contribution in [3.05, 3.63) is 47.4 Å². The summed E-state index contributed by atoms with van der Waals surface area (Å²) in [7, 11) is 1.60. The summed E-state index contributed by atoms with van der Waals surface area (Å²) in [6.45, 7) is 3.67. The summed E-state index contributed by atoms with van der Waals surface area (Å²) < 4.78 is 16.6. The van der Waals surface area contributed by atoms with Crippen LogP contribution in [0.25, 0.3) is 11.5 Å². The van der Waals surface area contributed by atoms with E-state index in [1.807, 2.05) is 24.3 Å². The number of methoxy groups -OCH3 is 1. The lowest BCUT2D eigenvalue weighted by molar-refractivity contribution is -0.135. The molecule has 2 atom stereocenters. The minimum absolute atomic E-state index is 0.0852. The normalized spacial score (nSPS) is 18.2. The van der Waals surface area contributed by atoms with Crippen molar-refractivity contribution in [2.75, 3.05) is 26.9 Å². The number of amides is 1. The van der Waals surface area contributed by atoms with Gasteiger partial charge in [0, 0.05) is 13.1 Å². The molecule has 3 N–H and O–H groups in total. The van der Waals surface area contributed by atoms with E-state index >= 15 is 0 Å². The molecule has 3 aromatic rings. The van der Waals surface area contributed by atoms with Gasteiger partial charge in [-0.15, -0.1) is 10.2 Å². The highest BCUT2D eigenvalue weighted by Gasteiger charge is 2.23. The number of hydrogen-bond acceptors (Lipinski definition) is 10. The zero-order chi connectivity index (χ0) is 23.2. The number of tetrazole rings is 1. The van der Waals surface area contributed by atoms with Crippen molar-refractivity contribution in [2.24, 2.45) is 5.73 Å². The third kappa shape index (κ3) is 5.86. The van der Waals surface area contributed by atoms with E-state index in [4.69, 9.17) is 19.9 Å². The average molecular weight is 454 g/mol. The van der Waals surface area contributed by atoms with Crippen LogP contribution in [0.4, 0.5) is 0 Å². The van der Waals surface area contributed by atoms with Crippen molar-refractivity contribution in [1.82, 2.24) is 35.5 Å². The first-order valence-electron chi connectivity index (χ1n) is 10.5. The molecule has 1 aliphatic heterocycles. The van der Waals surface area contributed by atoms with Crippen LogP contribution in [0.3, 0.4) is 0 Å². The number of hydrogen-bond donors (Lipinski definition) is 2. The fourth-order valence-corrected chi connectivity index (χ4v) is 3.28. The molecular weight excluding hydrogens is 428 g/mol. The summed E-state index contributed by atoms with van der Waals surface area (Å²) in [5, 5.41) is 15.4. The van der Waals surface area contributed by atoms with E-state index in [9.17, 15) is 4.79 Å². The van der Waals surface area contributed by atoms with Gasteiger partial charge < -0.3 is 25.3 Å². The number of aryl methyl sites for hydroxylation is 1. The minimum atomic E-state index is -0.334. The Balaban J connectivity index is 1.41. The molecule has 0 saturated carbocycles. The maximum absolute atomic E-state index is 12.7. The van der Waals surface area contributed by atoms with Crippen molar-refractivity contribution in [2.45, 2.75) is 32.2 Å². The summed E-state index contributed by atoms with van der Waals surface area (Å²) in [5.41, 5.74) is 7.11. The lowest BCUT2D eigenvalue weighted by atomic mass is 10.2. The van der Waals surface area contributed by atoms with E-state index in [0.717, 1.165) is 11.3 Å². The van der Waals surface area contributed by atoms with E-state index in [-0.39, 0.29) is 23.8 Å². The molecule has 12 nitrogen and oxygen atoms in total. The minimum Gasteiger partial charge on any atom is -0.497 e. The number of nitrogens with zero attached hydrogens (tertiary/aromatic N) is 6. The Kier molecular flexibility index (Phi) is 7.17. The summed E-state index contributed by atoms with van der Waals surface area (Å²) in [6, 6.07) is 9.01. The molecule has 1 amide bonds. The van der Waals surface area contributed by atoms with E-state index in [2.05, 4.69) is 30.7 Å². The Morgan fingerprint density at radius 2 is 2.06 bits per heavy atom. The van der Waals surface area contributed by atoms with E-state index in [0.29, 0.717) is 50.2 Å². The monoisotopic (exact) mass is 454 g/mol. The predicted octanol–water partition coefficient (Wildman–Crippen LogP) is 0.120. The number of benzene rings is 1. The first-order valence-corrected chi connectivity index (χ1v) is 10.5. The lowest BCUT2D eigenvalue weighted by Crippen LogP contribution is -2.41. The smallest absolute Gasteiger partial charge is 0.270 e. The van der Waals surface area contributed by atoms with Crippen LogP contribution in [-0.2, 0) is 22.6 Å². The SMILES string of the molecule is COc1cccc(CNC(=O)c2cc(-c3nnn(C[C@H]4CO[C@H](CN)CO4)n3)nc(C)n2)c1. The van der Waals surface area contributed by atoms with Crippen LogP contribution >= 0.6 is 0 Å². The van der Waals surface area contributed by atoms with Gasteiger partial charge in [0.05, 0.1) is 33.0 Å². The van der Waals surface area contributed by atoms with Gasteiger partial charge in [-0.25, -0.2) is 9.97 Å². The summed E-state index contributed by atoms with van der Waals surface area (Å²) >= 11 is 0. The quantitative estimate of drug-likeness (QED) is 0.480. The number of rotatable bonds is 8. The predicted molar refractivity (Wildman–Crippen MR) is 116 cm³/mol. The molecule has 0 aliphatic carbocycles. The lowest BCUT2D eigenvalue weighted by Gasteiger charge is -2.28. The van der Waals surface area contributed by atoms with Gasteiger partial charge in [-0.2, -0.15) is 4.80 Å². The molecule has 3 heterocycles. The van der Waals surface area contributed by atoms with Gasteiger partial charge in [-0.1, -0.05) is 12.1 Å². The molecule has 174 valence electrons. The molecule has 1 saturated heterocycles. The van der Waals surface area contributed by atoms with Gasteiger partial charge in [0.15, 0.2) is 0 Å². The first kappa shape index (κ1) is 22.7. The Morgan fingerprint density at radius 1 is 1.24 bits per heavy atom. The van der Waals surface area contributed by atoms with Gasteiger partial charge in [-0.05, 0) is 35.9 Å². The zero-order valence-electron chi connectivity index (χ0n) is 18.5. The number of nitrogens with two attached hydrogens (primary N) is 1. The Hall–Kier alpha value is -3.48. The molecule has 1 aliphatic rings. The standard InChI is InChI=1S/C21H26N8O4/c1-13-24-18(20-26-28-29(27-20)10-17-12-32-16(8-22)11-33-17)7-19(25-13)21(30)23-9-14-4-3-5-15(6-14)31-2/h3-7,16-17H,8-12,22H2,1-2H3,(H,23,30)/t16-,17+/m1/s1. The van der Waals surface area contributed by atoms with Crippen LogP contribution in [0, 0.1) is 6.92 Å². The van der Waals surface area contributed by atoms with Crippen molar-refractivity contribution < 1.29 is 19.0 Å². The fourth-order valence-electron chi connectivity index (χ4n) is 3.28. The molecule has 1 fully saturated rings. The molecule has 0 radical (unpaired) electrons. The summed E-state index contributed by atoms with van der Waals surface area (Å²) in [6.07, 6.45) is -0.280. The van der Waals surface area contributed by atoms with Crippen molar-refractivity contribution >= 4 is 5.91 Å². The number of carbonyl (C=O) groups is 1. The topological polar surface area (TPSA) is 152 Å². The van der Waals surface area contributed by atoms with Crippen LogP contribution in [0.15, 0.2) is 30.3 Å². The van der Waals surface area contributed by atoms with Gasteiger partial charge >= 0.3 is 0 Å². The maximum Gasteiger partial charge on any atom is 0.270 e. The third-order valence-electron chi connectivity index (χ3n) is 5.01. The summed E-state index contributed by atoms with van der Waals surface area (Å²) in [5.74, 6) is 1.10. The van der Waals surface area contributed by atoms with Gasteiger partial charge in [0.25, 0.3) is 5.91 Å². The molecule has 0 spiro atoms. The van der Waals surface area contributed by atoms with Gasteiger partial charge in [0.1, 0.15) is 29.1 Å². The van der Waals surface area contributed by atoms with Gasteiger partial charge in [0.2, 0.25) is 5.82 Å². The first-order chi connectivity index (χ1) is 16.0. The van der Waals surface area contributed by atoms with Crippen molar-refractivity contribution in [3.8, 4) is 17.3 Å². The largest absolute Gasteiger partial charge is 0.497 e. The third-order valence-corrected chi connectivity index (χ3v) is 5.01. The number of ether oxygens (including phenoxy) is 3. The van der Waals surface area contributed by atoms with Crippen LogP contribution in [-0.4, -0.2) is 75.2 Å². The molecule has 4 rings (SSSR count). The van der Waals surface area contributed by atoms with Crippen LogP contribution in [0.5, 0.6) is 5.75 Å². The second kappa shape index (κ2) is 10.4. The van der Waals surface area contributed by atoms with Crippen molar-refractivity contribution in [3.63, 3.8) is 0 Å². The Morgan fingerprint density at radius 3 is 2.82 bits per heavy atom. The molecule has 33 heavy (non-hydrogen) atoms. The average Bonchev–Trinajstić information content (AvgIpc) is 3.31. The number of aromatic nitrogens is 6. The second-order valence-electron chi connectivity index (χ2n) is 7.53. The Bertz CT molecular complexity index is 1100. The van der Waals surface area contributed by atoms with Crippen LogP contribution < -0.4 is 15.8 Å². The van der Waals surface area contributed by atoms with E-state index < -0.39 is 0 Å². The molecule has 12 heteroatoms. The highest BCUT2D eigenvalue weighted by molar-refractivity contribution is 5.93. The molecule has 0 unspecified atom stereocenters. The van der Waals surface area contributed by atoms with E-state index in [1.54, 1.807) is 20.1 Å². The molecule has 1 aromatic carbocycles. The second-order valence-corrected chi connectivity index (χ2v) is 7.53. The van der Waals surface area contributed by atoms with Crippen LogP contribution in [0.1, 0.15) is 21.9 Å². The van der Waals surface area contributed by atoms with Crippen molar-refractivity contribution in [1.29, 1.82) is 0 Å². The highest BCUT2D eigenvalue weighted by atomic mass is 16.6. The van der Waals surface area contributed by atoms with Gasteiger partial charge in [-0.3, -0.25) is 4.79 Å². The summed E-state index contributed by atoms with van der Waals surface area (Å²) in [4.78, 5) is 22.7. The number of nitrogens with one attached hydrogen (secondary N) is 1. The van der Waals surface area contributed by atoms with Crippen LogP contribution in [0.2, 0.25) is 0 Å². The highest BCUT2D eigenvalue weighted by Crippen LogP contribution is 2.15.